The Labute approximate surface area is 86.1 Å². The number of hydrogen-bond donors (Lipinski definition) is 2. The van der Waals surface area contributed by atoms with Crippen molar-refractivity contribution >= 4 is 18.3 Å². The maximum absolute atomic E-state index is 11.3. The molecule has 1 aliphatic rings. The maximum Gasteiger partial charge on any atom is 0.223 e. The molecule has 1 amide bonds. The molecule has 0 radical (unpaired) electrons. The molecule has 1 rings (SSSR count). The second-order valence-corrected chi connectivity index (χ2v) is 3.38. The molecule has 0 saturated heterocycles. The fourth-order valence-electron chi connectivity index (χ4n) is 1.29. The van der Waals surface area contributed by atoms with E-state index in [0.29, 0.717) is 5.92 Å². The first-order valence-electron chi connectivity index (χ1n) is 4.77. The number of nitrogens with one attached hydrogen (secondary N) is 2. The second kappa shape index (κ2) is 7.15. The first-order valence-corrected chi connectivity index (χ1v) is 4.77. The van der Waals surface area contributed by atoms with Gasteiger partial charge in [-0.3, -0.25) is 4.79 Å². The smallest absolute Gasteiger partial charge is 0.223 e. The van der Waals surface area contributed by atoms with Crippen LogP contribution in [0.5, 0.6) is 0 Å². The van der Waals surface area contributed by atoms with Gasteiger partial charge >= 0.3 is 0 Å². The quantitative estimate of drug-likeness (QED) is 0.658. The van der Waals surface area contributed by atoms with Crippen LogP contribution in [-0.2, 0) is 4.79 Å². The Morgan fingerprint density at radius 2 is 2.08 bits per heavy atom. The molecule has 0 heterocycles. The molecule has 0 aliphatic heterocycles. The van der Waals surface area contributed by atoms with E-state index in [2.05, 4.69) is 10.6 Å². The molecule has 1 aliphatic carbocycles. The lowest BCUT2D eigenvalue weighted by Gasteiger charge is -2.23. The number of hydrogen-bond acceptors (Lipinski definition) is 2. The normalized spacial score (nSPS) is 15.8. The predicted molar refractivity (Wildman–Crippen MR) is 56.1 cm³/mol. The van der Waals surface area contributed by atoms with Gasteiger partial charge in [-0.25, -0.2) is 0 Å². The fourth-order valence-corrected chi connectivity index (χ4v) is 1.29. The summed E-state index contributed by atoms with van der Waals surface area (Å²) in [7, 11) is 1.92. The van der Waals surface area contributed by atoms with Gasteiger partial charge in [-0.1, -0.05) is 6.42 Å². The van der Waals surface area contributed by atoms with Crippen LogP contribution in [-0.4, -0.2) is 26.0 Å². The van der Waals surface area contributed by atoms with Crippen LogP contribution in [0.3, 0.4) is 0 Å². The molecule has 0 aromatic carbocycles. The molecule has 3 nitrogen and oxygen atoms in total. The summed E-state index contributed by atoms with van der Waals surface area (Å²) < 4.78 is 0. The van der Waals surface area contributed by atoms with E-state index in [0.717, 1.165) is 32.4 Å². The van der Waals surface area contributed by atoms with Crippen molar-refractivity contribution in [2.45, 2.75) is 25.7 Å². The number of rotatable bonds is 5. The molecular weight excluding hydrogens is 188 g/mol. The van der Waals surface area contributed by atoms with E-state index < -0.39 is 0 Å². The Morgan fingerprint density at radius 1 is 1.38 bits per heavy atom. The lowest BCUT2D eigenvalue weighted by Crippen LogP contribution is -2.35. The van der Waals surface area contributed by atoms with Crippen LogP contribution in [0.25, 0.3) is 0 Å². The van der Waals surface area contributed by atoms with E-state index >= 15 is 0 Å². The van der Waals surface area contributed by atoms with Crippen molar-refractivity contribution in [3.05, 3.63) is 0 Å². The Kier molecular flexibility index (Phi) is 7.00. The van der Waals surface area contributed by atoms with Crippen molar-refractivity contribution in [1.82, 2.24) is 10.6 Å². The van der Waals surface area contributed by atoms with Crippen LogP contribution in [0, 0.1) is 5.92 Å². The summed E-state index contributed by atoms with van der Waals surface area (Å²) in [5.74, 6) is 0.594. The largest absolute Gasteiger partial charge is 0.356 e. The Hall–Kier alpha value is -0.280. The van der Waals surface area contributed by atoms with Gasteiger partial charge in [0.05, 0.1) is 0 Å². The highest BCUT2D eigenvalue weighted by atomic mass is 35.5. The minimum Gasteiger partial charge on any atom is -0.356 e. The Bertz CT molecular complexity index is 149. The monoisotopic (exact) mass is 206 g/mol. The molecule has 0 atom stereocenters. The van der Waals surface area contributed by atoms with Crippen LogP contribution in [0.1, 0.15) is 25.7 Å². The lowest BCUT2D eigenvalue weighted by atomic mass is 9.85. The first kappa shape index (κ1) is 12.7. The van der Waals surface area contributed by atoms with Crippen LogP contribution in [0.15, 0.2) is 0 Å². The van der Waals surface area contributed by atoms with E-state index in [1.54, 1.807) is 0 Å². The van der Waals surface area contributed by atoms with Crippen LogP contribution >= 0.6 is 12.4 Å². The maximum atomic E-state index is 11.3. The zero-order chi connectivity index (χ0) is 8.81. The van der Waals surface area contributed by atoms with Gasteiger partial charge in [0, 0.05) is 12.5 Å². The van der Waals surface area contributed by atoms with Gasteiger partial charge in [0.15, 0.2) is 0 Å². The van der Waals surface area contributed by atoms with Crippen molar-refractivity contribution in [1.29, 1.82) is 0 Å². The van der Waals surface area contributed by atoms with Gasteiger partial charge in [-0.2, -0.15) is 0 Å². The number of carbonyl (C=O) groups is 1. The van der Waals surface area contributed by atoms with Crippen LogP contribution in [0.2, 0.25) is 0 Å². The molecule has 0 aromatic heterocycles. The standard InChI is InChI=1S/C9H18N2O.ClH/c1-10-6-3-7-11-9(12)8-4-2-5-8;/h8,10H,2-7H2,1H3,(H,11,12);1H. The molecule has 78 valence electrons. The van der Waals surface area contributed by atoms with Crippen molar-refractivity contribution in [2.75, 3.05) is 20.1 Å². The summed E-state index contributed by atoms with van der Waals surface area (Å²) in [4.78, 5) is 11.3. The number of halogens is 1. The average molecular weight is 207 g/mol. The van der Waals surface area contributed by atoms with Gasteiger partial charge in [0.1, 0.15) is 0 Å². The van der Waals surface area contributed by atoms with Gasteiger partial charge in [-0.05, 0) is 32.9 Å². The molecule has 1 fully saturated rings. The molecule has 1 saturated carbocycles. The fraction of sp³-hybridized carbons (Fsp3) is 0.889. The van der Waals surface area contributed by atoms with E-state index in [1.165, 1.54) is 6.42 Å². The molecule has 13 heavy (non-hydrogen) atoms. The second-order valence-electron chi connectivity index (χ2n) is 3.38. The molecule has 0 spiro atoms. The van der Waals surface area contributed by atoms with Crippen molar-refractivity contribution in [3.8, 4) is 0 Å². The lowest BCUT2D eigenvalue weighted by molar-refractivity contribution is -0.127. The SMILES string of the molecule is CNCCCNC(=O)C1CCC1.Cl. The zero-order valence-corrected chi connectivity index (χ0v) is 8.95. The van der Waals surface area contributed by atoms with Gasteiger partial charge in [0.25, 0.3) is 0 Å². The highest BCUT2D eigenvalue weighted by molar-refractivity contribution is 5.85. The molecule has 0 aromatic rings. The highest BCUT2D eigenvalue weighted by Gasteiger charge is 2.24. The predicted octanol–water partition coefficient (Wildman–Crippen LogP) is 0.934. The molecule has 0 bridgehead atoms. The van der Waals surface area contributed by atoms with E-state index in [-0.39, 0.29) is 18.3 Å². The van der Waals surface area contributed by atoms with Crippen molar-refractivity contribution in [2.24, 2.45) is 5.92 Å². The minimum absolute atomic E-state index is 0. The summed E-state index contributed by atoms with van der Waals surface area (Å²) in [6.07, 6.45) is 4.44. The molecular formula is C9H19ClN2O. The van der Waals surface area contributed by atoms with Crippen LogP contribution in [0.4, 0.5) is 0 Å². The number of carbonyl (C=O) groups excluding carboxylic acids is 1. The highest BCUT2D eigenvalue weighted by Crippen LogP contribution is 2.25. The third-order valence-electron chi connectivity index (χ3n) is 2.38. The van der Waals surface area contributed by atoms with E-state index in [9.17, 15) is 4.79 Å². The van der Waals surface area contributed by atoms with Crippen molar-refractivity contribution in [3.63, 3.8) is 0 Å². The summed E-state index contributed by atoms with van der Waals surface area (Å²) in [6, 6.07) is 0. The minimum atomic E-state index is 0. The molecule has 4 heteroatoms. The number of amides is 1. The summed E-state index contributed by atoms with van der Waals surface area (Å²) in [6.45, 7) is 1.79. The van der Waals surface area contributed by atoms with Gasteiger partial charge in [-0.15, -0.1) is 12.4 Å². The average Bonchev–Trinajstić information content (AvgIpc) is 1.95. The zero-order valence-electron chi connectivity index (χ0n) is 8.14. The van der Waals surface area contributed by atoms with E-state index in [4.69, 9.17) is 0 Å². The summed E-state index contributed by atoms with van der Waals surface area (Å²) in [5, 5.41) is 5.99. The topological polar surface area (TPSA) is 41.1 Å². The van der Waals surface area contributed by atoms with Gasteiger partial charge < -0.3 is 10.6 Å². The van der Waals surface area contributed by atoms with Gasteiger partial charge in [0.2, 0.25) is 5.91 Å². The molecule has 0 unspecified atom stereocenters. The van der Waals surface area contributed by atoms with Crippen LogP contribution < -0.4 is 10.6 Å². The molecule has 2 N–H and O–H groups in total. The third kappa shape index (κ3) is 4.48. The summed E-state index contributed by atoms with van der Waals surface area (Å²) in [5.41, 5.74) is 0. The third-order valence-corrected chi connectivity index (χ3v) is 2.38. The Morgan fingerprint density at radius 3 is 2.54 bits per heavy atom. The van der Waals surface area contributed by atoms with Crippen molar-refractivity contribution < 1.29 is 4.79 Å². The van der Waals surface area contributed by atoms with E-state index in [1.807, 2.05) is 7.05 Å². The summed E-state index contributed by atoms with van der Waals surface area (Å²) >= 11 is 0. The Balaban J connectivity index is 0.00000144. The first-order chi connectivity index (χ1) is 5.84.